The highest BCUT2D eigenvalue weighted by Crippen LogP contribution is 2.17. The normalized spacial score (nSPS) is 20.8. The van der Waals surface area contributed by atoms with Gasteiger partial charge in [0.2, 0.25) is 0 Å². The third kappa shape index (κ3) is 5.24. The molecular formula is C10H21NO2. The summed E-state index contributed by atoms with van der Waals surface area (Å²) in [6.07, 6.45) is 5.03. The summed E-state index contributed by atoms with van der Waals surface area (Å²) in [6, 6.07) is 0.718. The Morgan fingerprint density at radius 1 is 1.46 bits per heavy atom. The standard InChI is InChI=1S/C10H21NO2/c1-9(12)8-13-7-6-11-10-4-2-3-5-10/h9-12H,2-8H2,1H3. The van der Waals surface area contributed by atoms with Gasteiger partial charge in [-0.05, 0) is 19.8 Å². The number of nitrogens with one attached hydrogen (secondary N) is 1. The zero-order valence-electron chi connectivity index (χ0n) is 8.46. The van der Waals surface area contributed by atoms with E-state index in [4.69, 9.17) is 9.84 Å². The fraction of sp³-hybridized carbons (Fsp3) is 1.00. The van der Waals surface area contributed by atoms with Gasteiger partial charge in [0, 0.05) is 12.6 Å². The second-order valence-corrected chi connectivity index (χ2v) is 3.86. The Morgan fingerprint density at radius 2 is 2.15 bits per heavy atom. The molecule has 3 nitrogen and oxygen atoms in total. The van der Waals surface area contributed by atoms with E-state index in [1.807, 2.05) is 0 Å². The quantitative estimate of drug-likeness (QED) is 0.607. The number of rotatable bonds is 6. The first-order valence-corrected chi connectivity index (χ1v) is 5.28. The highest BCUT2D eigenvalue weighted by Gasteiger charge is 2.13. The summed E-state index contributed by atoms with van der Waals surface area (Å²) in [6.45, 7) is 3.82. The average Bonchev–Trinajstić information content (AvgIpc) is 2.55. The summed E-state index contributed by atoms with van der Waals surface area (Å²) >= 11 is 0. The Labute approximate surface area is 80.5 Å². The molecule has 2 N–H and O–H groups in total. The van der Waals surface area contributed by atoms with E-state index in [1.54, 1.807) is 6.92 Å². The van der Waals surface area contributed by atoms with Gasteiger partial charge in [-0.3, -0.25) is 0 Å². The minimum atomic E-state index is -0.341. The van der Waals surface area contributed by atoms with E-state index in [2.05, 4.69) is 5.32 Å². The second-order valence-electron chi connectivity index (χ2n) is 3.86. The highest BCUT2D eigenvalue weighted by molar-refractivity contribution is 4.72. The summed E-state index contributed by atoms with van der Waals surface area (Å²) in [7, 11) is 0. The van der Waals surface area contributed by atoms with Gasteiger partial charge in [0.05, 0.1) is 19.3 Å². The van der Waals surface area contributed by atoms with Crippen molar-refractivity contribution in [2.24, 2.45) is 0 Å². The molecule has 0 aromatic rings. The molecule has 0 aromatic heterocycles. The molecule has 1 saturated carbocycles. The minimum absolute atomic E-state index is 0.341. The summed E-state index contributed by atoms with van der Waals surface area (Å²) in [5, 5.41) is 12.4. The van der Waals surface area contributed by atoms with Crippen LogP contribution in [0.2, 0.25) is 0 Å². The molecule has 0 saturated heterocycles. The number of hydrogen-bond acceptors (Lipinski definition) is 3. The van der Waals surface area contributed by atoms with Gasteiger partial charge in [-0.15, -0.1) is 0 Å². The fourth-order valence-electron chi connectivity index (χ4n) is 1.72. The Hall–Kier alpha value is -0.120. The first-order chi connectivity index (χ1) is 6.29. The van der Waals surface area contributed by atoms with Crippen molar-refractivity contribution in [3.63, 3.8) is 0 Å². The van der Waals surface area contributed by atoms with Crippen LogP contribution >= 0.6 is 0 Å². The molecule has 3 heteroatoms. The van der Waals surface area contributed by atoms with Gasteiger partial charge in [0.15, 0.2) is 0 Å². The van der Waals surface area contributed by atoms with E-state index in [1.165, 1.54) is 25.7 Å². The van der Waals surface area contributed by atoms with E-state index in [0.29, 0.717) is 13.2 Å². The van der Waals surface area contributed by atoms with Gasteiger partial charge >= 0.3 is 0 Å². The molecule has 1 atom stereocenters. The molecule has 1 fully saturated rings. The largest absolute Gasteiger partial charge is 0.391 e. The first-order valence-electron chi connectivity index (χ1n) is 5.28. The molecule has 0 radical (unpaired) electrons. The lowest BCUT2D eigenvalue weighted by Gasteiger charge is -2.12. The van der Waals surface area contributed by atoms with Crippen LogP contribution in [0.15, 0.2) is 0 Å². The molecule has 0 aliphatic heterocycles. The fourth-order valence-corrected chi connectivity index (χ4v) is 1.72. The van der Waals surface area contributed by atoms with Crippen LogP contribution in [-0.2, 0) is 4.74 Å². The lowest BCUT2D eigenvalue weighted by Crippen LogP contribution is -2.30. The number of ether oxygens (including phenoxy) is 1. The smallest absolute Gasteiger partial charge is 0.0745 e. The van der Waals surface area contributed by atoms with Gasteiger partial charge in [0.1, 0.15) is 0 Å². The number of aliphatic hydroxyl groups excluding tert-OH is 1. The Morgan fingerprint density at radius 3 is 2.77 bits per heavy atom. The van der Waals surface area contributed by atoms with E-state index in [9.17, 15) is 0 Å². The maximum Gasteiger partial charge on any atom is 0.0745 e. The Balaban J connectivity index is 1.83. The van der Waals surface area contributed by atoms with E-state index in [0.717, 1.165) is 12.6 Å². The predicted molar refractivity (Wildman–Crippen MR) is 52.8 cm³/mol. The molecule has 1 rings (SSSR count). The van der Waals surface area contributed by atoms with Gasteiger partial charge in [-0.2, -0.15) is 0 Å². The zero-order valence-corrected chi connectivity index (χ0v) is 8.46. The van der Waals surface area contributed by atoms with E-state index >= 15 is 0 Å². The molecule has 1 aliphatic carbocycles. The monoisotopic (exact) mass is 187 g/mol. The van der Waals surface area contributed by atoms with Crippen molar-refractivity contribution in [2.45, 2.75) is 44.8 Å². The zero-order chi connectivity index (χ0) is 9.52. The lowest BCUT2D eigenvalue weighted by molar-refractivity contribution is 0.0469. The van der Waals surface area contributed by atoms with Gasteiger partial charge in [-0.25, -0.2) is 0 Å². The first kappa shape index (κ1) is 11.0. The van der Waals surface area contributed by atoms with Crippen LogP contribution in [0.25, 0.3) is 0 Å². The van der Waals surface area contributed by atoms with Crippen molar-refractivity contribution in [3.8, 4) is 0 Å². The van der Waals surface area contributed by atoms with Crippen LogP contribution in [0.4, 0.5) is 0 Å². The van der Waals surface area contributed by atoms with Crippen molar-refractivity contribution < 1.29 is 9.84 Å². The molecule has 0 aromatic carbocycles. The van der Waals surface area contributed by atoms with Crippen molar-refractivity contribution in [3.05, 3.63) is 0 Å². The average molecular weight is 187 g/mol. The maximum atomic E-state index is 8.92. The summed E-state index contributed by atoms with van der Waals surface area (Å²) < 4.78 is 5.24. The minimum Gasteiger partial charge on any atom is -0.391 e. The summed E-state index contributed by atoms with van der Waals surface area (Å²) in [4.78, 5) is 0. The van der Waals surface area contributed by atoms with E-state index in [-0.39, 0.29) is 6.10 Å². The van der Waals surface area contributed by atoms with Crippen LogP contribution in [0.3, 0.4) is 0 Å². The molecule has 13 heavy (non-hydrogen) atoms. The van der Waals surface area contributed by atoms with Crippen molar-refractivity contribution in [2.75, 3.05) is 19.8 Å². The molecular weight excluding hydrogens is 166 g/mol. The van der Waals surface area contributed by atoms with Crippen LogP contribution in [0, 0.1) is 0 Å². The van der Waals surface area contributed by atoms with Gasteiger partial charge in [0.25, 0.3) is 0 Å². The molecule has 0 heterocycles. The van der Waals surface area contributed by atoms with Crippen molar-refractivity contribution in [1.29, 1.82) is 0 Å². The summed E-state index contributed by atoms with van der Waals surface area (Å²) in [5.41, 5.74) is 0. The van der Waals surface area contributed by atoms with Crippen molar-refractivity contribution in [1.82, 2.24) is 5.32 Å². The van der Waals surface area contributed by atoms with Crippen LogP contribution in [-0.4, -0.2) is 37.0 Å². The molecule has 0 amide bonds. The lowest BCUT2D eigenvalue weighted by atomic mass is 10.2. The van der Waals surface area contributed by atoms with E-state index < -0.39 is 0 Å². The summed E-state index contributed by atoms with van der Waals surface area (Å²) in [5.74, 6) is 0. The number of aliphatic hydroxyl groups is 1. The molecule has 0 bridgehead atoms. The molecule has 1 unspecified atom stereocenters. The van der Waals surface area contributed by atoms with Crippen molar-refractivity contribution >= 4 is 0 Å². The van der Waals surface area contributed by atoms with Gasteiger partial charge < -0.3 is 15.2 Å². The number of hydrogen-bond donors (Lipinski definition) is 2. The van der Waals surface area contributed by atoms with Crippen LogP contribution < -0.4 is 5.32 Å². The van der Waals surface area contributed by atoms with Crippen LogP contribution in [0.5, 0.6) is 0 Å². The third-order valence-corrected chi connectivity index (χ3v) is 2.39. The second kappa shape index (κ2) is 6.35. The molecule has 1 aliphatic rings. The third-order valence-electron chi connectivity index (χ3n) is 2.39. The molecule has 78 valence electrons. The predicted octanol–water partition coefficient (Wildman–Crippen LogP) is 0.916. The van der Waals surface area contributed by atoms with Gasteiger partial charge in [-0.1, -0.05) is 12.8 Å². The topological polar surface area (TPSA) is 41.5 Å². The molecule has 0 spiro atoms. The maximum absolute atomic E-state index is 8.92. The highest BCUT2D eigenvalue weighted by atomic mass is 16.5. The Kier molecular flexibility index (Phi) is 5.35. The van der Waals surface area contributed by atoms with Crippen LogP contribution in [0.1, 0.15) is 32.6 Å². The Bertz CT molecular complexity index is 122. The SMILES string of the molecule is CC(O)COCCNC1CCCC1.